The Morgan fingerprint density at radius 1 is 0.792 bits per heavy atom. The van der Waals surface area contributed by atoms with Crippen molar-refractivity contribution in [2.45, 2.75) is 38.0 Å². The third kappa shape index (κ3) is 3.28. The molecule has 2 heterocycles. The molecular formula is C18H20Cl2S2SiZr. The van der Waals surface area contributed by atoms with Gasteiger partial charge < -0.3 is 24.8 Å². The van der Waals surface area contributed by atoms with Crippen molar-refractivity contribution in [3.05, 3.63) is 54.9 Å². The van der Waals surface area contributed by atoms with Crippen molar-refractivity contribution < 1.29 is 51.0 Å². The van der Waals surface area contributed by atoms with E-state index in [1.165, 1.54) is 11.1 Å². The Balaban J connectivity index is 0.000000960. The summed E-state index contributed by atoms with van der Waals surface area (Å²) in [5.41, 5.74) is 7.52. The van der Waals surface area contributed by atoms with Crippen molar-refractivity contribution in [1.29, 1.82) is 0 Å². The van der Waals surface area contributed by atoms with Crippen LogP contribution >= 0.6 is 22.7 Å². The van der Waals surface area contributed by atoms with E-state index in [-0.39, 0.29) is 51.0 Å². The molecule has 126 valence electrons. The Morgan fingerprint density at radius 3 is 1.54 bits per heavy atom. The van der Waals surface area contributed by atoms with Crippen LogP contribution in [-0.4, -0.2) is 8.07 Å². The van der Waals surface area contributed by atoms with Crippen LogP contribution in [0.1, 0.15) is 45.8 Å². The molecule has 0 amide bonds. The Bertz CT molecular complexity index is 724. The number of thiophene rings is 2. The normalized spacial score (nSPS) is 20.8. The number of hydrogen-bond acceptors (Lipinski definition) is 2. The van der Waals surface area contributed by atoms with E-state index in [0.717, 1.165) is 0 Å². The van der Waals surface area contributed by atoms with Crippen LogP contribution in [-0.2, 0) is 26.2 Å². The van der Waals surface area contributed by atoms with E-state index in [9.17, 15) is 0 Å². The summed E-state index contributed by atoms with van der Waals surface area (Å²) in [5, 5.41) is 4.53. The summed E-state index contributed by atoms with van der Waals surface area (Å²) in [5.74, 6) is 0. The van der Waals surface area contributed by atoms with Gasteiger partial charge in [0, 0.05) is 20.8 Å². The Labute approximate surface area is 185 Å². The van der Waals surface area contributed by atoms with Gasteiger partial charge in [-0.1, -0.05) is 36.4 Å². The van der Waals surface area contributed by atoms with Gasteiger partial charge in [-0.25, -0.2) is 0 Å². The molecule has 0 fully saturated rings. The van der Waals surface area contributed by atoms with Gasteiger partial charge in [-0.15, -0.1) is 22.7 Å². The van der Waals surface area contributed by atoms with E-state index >= 15 is 0 Å². The van der Waals surface area contributed by atoms with Crippen LogP contribution in [0.3, 0.4) is 0 Å². The van der Waals surface area contributed by atoms with Crippen molar-refractivity contribution in [3.8, 4) is 0 Å². The number of hydrogen-bond donors (Lipinski definition) is 0. The van der Waals surface area contributed by atoms with Crippen LogP contribution in [0.25, 0.3) is 12.2 Å². The predicted molar refractivity (Wildman–Crippen MR) is 98.9 cm³/mol. The average molecular weight is 491 g/mol. The molecule has 2 aromatic rings. The average Bonchev–Trinajstić information content (AvgIpc) is 3.07. The van der Waals surface area contributed by atoms with Gasteiger partial charge in [0.1, 0.15) is 0 Å². The maximum absolute atomic E-state index is 2.60. The molecule has 0 aliphatic heterocycles. The molecule has 2 aliphatic carbocycles. The second-order valence-corrected chi connectivity index (χ2v) is 13.6. The van der Waals surface area contributed by atoms with Crippen LogP contribution < -0.4 is 24.8 Å². The number of halogens is 2. The first-order valence-electron chi connectivity index (χ1n) is 7.51. The molecule has 6 heteroatoms. The summed E-state index contributed by atoms with van der Waals surface area (Å²) in [6.45, 7) is 9.88. The molecule has 0 saturated carbocycles. The van der Waals surface area contributed by atoms with E-state index in [1.54, 1.807) is 20.9 Å². The van der Waals surface area contributed by atoms with E-state index in [0.29, 0.717) is 11.1 Å². The van der Waals surface area contributed by atoms with Gasteiger partial charge in [0.2, 0.25) is 0 Å². The molecule has 2 aliphatic rings. The van der Waals surface area contributed by atoms with Crippen LogP contribution in [0, 0.1) is 0 Å². The van der Waals surface area contributed by atoms with E-state index < -0.39 is 8.07 Å². The molecule has 2 aromatic heterocycles. The smallest absolute Gasteiger partial charge is 1.00 e. The number of rotatable bonds is 2. The first-order chi connectivity index (χ1) is 10.00. The summed E-state index contributed by atoms with van der Waals surface area (Å²) in [6.07, 6.45) is 4.85. The molecular weight excluding hydrogens is 471 g/mol. The van der Waals surface area contributed by atoms with Gasteiger partial charge >= 0.3 is 26.2 Å². The largest absolute Gasteiger partial charge is 2.00 e. The zero-order chi connectivity index (χ0) is 14.8. The molecule has 0 saturated heterocycles. The van der Waals surface area contributed by atoms with Crippen molar-refractivity contribution in [2.75, 3.05) is 0 Å². The molecule has 24 heavy (non-hydrogen) atoms. The molecule has 0 bridgehead atoms. The van der Waals surface area contributed by atoms with Gasteiger partial charge in [0.25, 0.3) is 0 Å². The molecule has 2 unspecified atom stereocenters. The number of fused-ring (bicyclic) bond motifs is 2. The first kappa shape index (κ1) is 22.6. The van der Waals surface area contributed by atoms with Crippen molar-refractivity contribution >= 4 is 42.9 Å². The maximum Gasteiger partial charge on any atom is 2.00 e. The van der Waals surface area contributed by atoms with Crippen molar-refractivity contribution in [1.82, 2.24) is 0 Å². The van der Waals surface area contributed by atoms with Gasteiger partial charge in [-0.05, 0) is 47.9 Å². The molecule has 0 aromatic carbocycles. The van der Waals surface area contributed by atoms with Gasteiger partial charge in [-0.2, -0.15) is 0 Å². The second kappa shape index (κ2) is 8.06. The minimum Gasteiger partial charge on any atom is -1.00 e. The van der Waals surface area contributed by atoms with Crippen molar-refractivity contribution in [3.63, 3.8) is 0 Å². The maximum atomic E-state index is 2.60. The van der Waals surface area contributed by atoms with Crippen molar-refractivity contribution in [2.24, 2.45) is 0 Å². The van der Waals surface area contributed by atoms with Crippen LogP contribution in [0.5, 0.6) is 0 Å². The number of allylic oxidation sites excluding steroid dienone is 2. The van der Waals surface area contributed by atoms with E-state index in [2.05, 4.69) is 62.0 Å². The first-order valence-corrected chi connectivity index (χ1v) is 12.4. The Hall–Kier alpha value is 0.560. The summed E-state index contributed by atoms with van der Waals surface area (Å²) in [6, 6.07) is 4.59. The molecule has 2 atom stereocenters. The quantitative estimate of drug-likeness (QED) is 0.532. The fourth-order valence-electron chi connectivity index (χ4n) is 4.46. The molecule has 0 spiro atoms. The van der Waals surface area contributed by atoms with Crippen LogP contribution in [0.15, 0.2) is 34.0 Å². The fraction of sp³-hybridized carbons (Fsp3) is 0.333. The van der Waals surface area contributed by atoms with Gasteiger partial charge in [0.05, 0.1) is 8.07 Å². The standard InChI is InChI=1S/C18H20S2Si.2ClH.Zr/c1-11-9-13-5-7-19-15(13)17(11)21(3,4)18-12(2)10-14-6-8-20-16(14)18;;;/h5-10,17-18H,1-4H3;2*1H;/q;;;+2/p-2. The summed E-state index contributed by atoms with van der Waals surface area (Å²) < 4.78 is 0. The molecule has 4 rings (SSSR count). The van der Waals surface area contributed by atoms with Gasteiger partial charge in [-0.3, -0.25) is 0 Å². The van der Waals surface area contributed by atoms with Crippen LogP contribution in [0.4, 0.5) is 0 Å². The zero-order valence-corrected chi connectivity index (χ0v) is 20.8. The monoisotopic (exact) mass is 488 g/mol. The zero-order valence-electron chi connectivity index (χ0n) is 14.2. The van der Waals surface area contributed by atoms with Crippen LogP contribution in [0.2, 0.25) is 13.1 Å². The Morgan fingerprint density at radius 2 is 1.17 bits per heavy atom. The van der Waals surface area contributed by atoms with Gasteiger partial charge in [0.15, 0.2) is 0 Å². The molecule has 0 N–H and O–H groups in total. The molecule has 0 radical (unpaired) electrons. The fourth-order valence-corrected chi connectivity index (χ4v) is 13.1. The second-order valence-electron chi connectivity index (χ2n) is 6.94. The van der Waals surface area contributed by atoms with E-state index in [1.807, 2.05) is 22.7 Å². The summed E-state index contributed by atoms with van der Waals surface area (Å²) >= 11 is 3.92. The summed E-state index contributed by atoms with van der Waals surface area (Å²) in [4.78, 5) is 3.25. The third-order valence-corrected chi connectivity index (χ3v) is 12.0. The Kier molecular flexibility index (Phi) is 7.59. The topological polar surface area (TPSA) is 0 Å². The minimum atomic E-state index is -1.51. The predicted octanol–water partition coefficient (Wildman–Crippen LogP) is 0.303. The molecule has 0 nitrogen and oxygen atoms in total. The van der Waals surface area contributed by atoms with E-state index in [4.69, 9.17) is 0 Å². The SMILES string of the molecule is CC1=Cc2ccsc2C1[Si](C)(C)C1C(C)=Cc2ccsc21.[Cl-].[Cl-].[Zr+2]. The summed E-state index contributed by atoms with van der Waals surface area (Å²) in [7, 11) is -1.51. The minimum absolute atomic E-state index is 0. The third-order valence-electron chi connectivity index (χ3n) is 5.14.